The van der Waals surface area contributed by atoms with E-state index in [9.17, 15) is 9.59 Å². The largest absolute Gasteiger partial charge is 0.361 e. The number of benzene rings is 1. The Kier molecular flexibility index (Phi) is 4.62. The standard InChI is InChI=1S/C19H21N5O3/c1-13-11-17(22-27-13)19(26)24-8-4-7-23(9-10-24)18(25)12-16-14-5-2-3-6-15(14)20-21-16/h2-3,5-6,11H,4,7-10,12H2,1H3,(H,20,21). The molecule has 0 radical (unpaired) electrons. The van der Waals surface area contributed by atoms with Crippen LogP contribution in [0.25, 0.3) is 10.9 Å². The van der Waals surface area contributed by atoms with Crippen LogP contribution in [0.2, 0.25) is 0 Å². The number of hydrogen-bond acceptors (Lipinski definition) is 5. The molecule has 0 aliphatic carbocycles. The predicted octanol–water partition coefficient (Wildman–Crippen LogP) is 1.78. The number of carbonyl (C=O) groups is 2. The number of hydrogen-bond donors (Lipinski definition) is 1. The Balaban J connectivity index is 1.40. The van der Waals surface area contributed by atoms with Gasteiger partial charge in [0.25, 0.3) is 5.91 Å². The van der Waals surface area contributed by atoms with Gasteiger partial charge in [-0.3, -0.25) is 14.7 Å². The highest BCUT2D eigenvalue weighted by atomic mass is 16.5. The van der Waals surface area contributed by atoms with E-state index in [1.54, 1.807) is 17.9 Å². The molecule has 1 aliphatic rings. The minimum Gasteiger partial charge on any atom is -0.361 e. The average molecular weight is 367 g/mol. The molecule has 0 unspecified atom stereocenters. The zero-order valence-corrected chi connectivity index (χ0v) is 15.1. The summed E-state index contributed by atoms with van der Waals surface area (Å²) in [5, 5.41) is 12.0. The SMILES string of the molecule is Cc1cc(C(=O)N2CCCN(C(=O)Cc3[nH]nc4ccccc34)CC2)no1. The lowest BCUT2D eigenvalue weighted by molar-refractivity contribution is -0.130. The van der Waals surface area contributed by atoms with E-state index in [2.05, 4.69) is 15.4 Å². The van der Waals surface area contributed by atoms with Gasteiger partial charge in [0.15, 0.2) is 5.69 Å². The van der Waals surface area contributed by atoms with Crippen molar-refractivity contribution in [3.8, 4) is 0 Å². The van der Waals surface area contributed by atoms with Gasteiger partial charge < -0.3 is 14.3 Å². The van der Waals surface area contributed by atoms with Crippen LogP contribution in [0.1, 0.15) is 28.4 Å². The van der Waals surface area contributed by atoms with E-state index < -0.39 is 0 Å². The fourth-order valence-corrected chi connectivity index (χ4v) is 3.41. The molecule has 0 saturated carbocycles. The maximum atomic E-state index is 12.8. The zero-order valence-electron chi connectivity index (χ0n) is 15.1. The second-order valence-corrected chi connectivity index (χ2v) is 6.75. The molecule has 4 rings (SSSR count). The van der Waals surface area contributed by atoms with Crippen molar-refractivity contribution in [1.29, 1.82) is 0 Å². The van der Waals surface area contributed by atoms with Crippen LogP contribution in [-0.4, -0.2) is 63.1 Å². The molecule has 0 atom stereocenters. The Morgan fingerprint density at radius 3 is 2.74 bits per heavy atom. The molecule has 8 heteroatoms. The number of carbonyl (C=O) groups excluding carboxylic acids is 2. The topological polar surface area (TPSA) is 95.3 Å². The first-order valence-corrected chi connectivity index (χ1v) is 9.04. The normalized spacial score (nSPS) is 15.1. The van der Waals surface area contributed by atoms with E-state index in [4.69, 9.17) is 4.52 Å². The Morgan fingerprint density at radius 1 is 1.15 bits per heavy atom. The van der Waals surface area contributed by atoms with Crippen LogP contribution in [0.3, 0.4) is 0 Å². The van der Waals surface area contributed by atoms with Gasteiger partial charge in [-0.25, -0.2) is 0 Å². The number of nitrogens with one attached hydrogen (secondary N) is 1. The van der Waals surface area contributed by atoms with Gasteiger partial charge >= 0.3 is 0 Å². The molecule has 0 bridgehead atoms. The summed E-state index contributed by atoms with van der Waals surface area (Å²) < 4.78 is 4.99. The van der Waals surface area contributed by atoms with E-state index in [0.29, 0.717) is 37.6 Å². The molecule has 1 N–H and O–H groups in total. The summed E-state index contributed by atoms with van der Waals surface area (Å²) in [6.45, 7) is 3.98. The van der Waals surface area contributed by atoms with Crippen LogP contribution < -0.4 is 0 Å². The third-order valence-corrected chi connectivity index (χ3v) is 4.85. The van der Waals surface area contributed by atoms with Crippen molar-refractivity contribution in [3.05, 3.63) is 47.5 Å². The third-order valence-electron chi connectivity index (χ3n) is 4.85. The quantitative estimate of drug-likeness (QED) is 0.761. The summed E-state index contributed by atoms with van der Waals surface area (Å²) in [5.41, 5.74) is 2.00. The van der Waals surface area contributed by atoms with Crippen LogP contribution in [0, 0.1) is 6.92 Å². The first kappa shape index (κ1) is 17.3. The number of amides is 2. The monoisotopic (exact) mass is 367 g/mol. The number of rotatable bonds is 3. The van der Waals surface area contributed by atoms with Crippen molar-refractivity contribution >= 4 is 22.7 Å². The molecule has 27 heavy (non-hydrogen) atoms. The number of aromatic amines is 1. The molecule has 2 amide bonds. The van der Waals surface area contributed by atoms with Gasteiger partial charge in [0.1, 0.15) is 5.76 Å². The number of aromatic nitrogens is 3. The summed E-state index contributed by atoms with van der Waals surface area (Å²) in [6.07, 6.45) is 1.01. The Morgan fingerprint density at radius 2 is 1.93 bits per heavy atom. The third kappa shape index (κ3) is 3.55. The number of H-pyrrole nitrogens is 1. The van der Waals surface area contributed by atoms with Crippen molar-refractivity contribution in [2.45, 2.75) is 19.8 Å². The molecule has 1 fully saturated rings. The summed E-state index contributed by atoms with van der Waals surface area (Å²) in [7, 11) is 0. The number of para-hydroxylation sites is 1. The van der Waals surface area contributed by atoms with E-state index in [-0.39, 0.29) is 18.2 Å². The molecule has 1 aliphatic heterocycles. The van der Waals surface area contributed by atoms with E-state index >= 15 is 0 Å². The summed E-state index contributed by atoms with van der Waals surface area (Å²) >= 11 is 0. The Labute approximate surface area is 156 Å². The molecule has 3 heterocycles. The highest BCUT2D eigenvalue weighted by Gasteiger charge is 2.25. The molecular weight excluding hydrogens is 346 g/mol. The second-order valence-electron chi connectivity index (χ2n) is 6.75. The smallest absolute Gasteiger partial charge is 0.276 e. The molecule has 1 aromatic carbocycles. The number of aryl methyl sites for hydroxylation is 1. The molecule has 3 aromatic rings. The number of nitrogens with zero attached hydrogens (tertiary/aromatic N) is 4. The highest BCUT2D eigenvalue weighted by molar-refractivity contribution is 5.92. The van der Waals surface area contributed by atoms with E-state index in [1.807, 2.05) is 29.2 Å². The van der Waals surface area contributed by atoms with Gasteiger partial charge in [0.2, 0.25) is 5.91 Å². The van der Waals surface area contributed by atoms with Crippen LogP contribution in [0.5, 0.6) is 0 Å². The lowest BCUT2D eigenvalue weighted by Crippen LogP contribution is -2.38. The Hall–Kier alpha value is -3.16. The predicted molar refractivity (Wildman–Crippen MR) is 98.1 cm³/mol. The van der Waals surface area contributed by atoms with Gasteiger partial charge in [-0.05, 0) is 19.4 Å². The van der Waals surface area contributed by atoms with Crippen molar-refractivity contribution < 1.29 is 14.1 Å². The maximum absolute atomic E-state index is 12.8. The Bertz CT molecular complexity index is 977. The van der Waals surface area contributed by atoms with Crippen molar-refractivity contribution in [1.82, 2.24) is 25.2 Å². The molecule has 2 aromatic heterocycles. The minimum absolute atomic E-state index is 0.0379. The first-order valence-electron chi connectivity index (χ1n) is 9.04. The molecule has 0 spiro atoms. The fraction of sp³-hybridized carbons (Fsp3) is 0.368. The van der Waals surface area contributed by atoms with E-state index in [0.717, 1.165) is 23.0 Å². The highest BCUT2D eigenvalue weighted by Crippen LogP contribution is 2.17. The summed E-state index contributed by atoms with van der Waals surface area (Å²) in [6, 6.07) is 9.38. The summed E-state index contributed by atoms with van der Waals surface area (Å²) in [4.78, 5) is 28.8. The fourth-order valence-electron chi connectivity index (χ4n) is 3.41. The van der Waals surface area contributed by atoms with Crippen LogP contribution in [-0.2, 0) is 11.2 Å². The lowest BCUT2D eigenvalue weighted by atomic mass is 10.1. The van der Waals surface area contributed by atoms with Gasteiger partial charge in [-0.15, -0.1) is 0 Å². The van der Waals surface area contributed by atoms with Gasteiger partial charge in [0.05, 0.1) is 17.6 Å². The van der Waals surface area contributed by atoms with Crippen molar-refractivity contribution in [2.75, 3.05) is 26.2 Å². The van der Waals surface area contributed by atoms with Crippen LogP contribution in [0.4, 0.5) is 0 Å². The second kappa shape index (κ2) is 7.22. The molecule has 140 valence electrons. The van der Waals surface area contributed by atoms with E-state index in [1.165, 1.54) is 0 Å². The lowest BCUT2D eigenvalue weighted by Gasteiger charge is -2.21. The van der Waals surface area contributed by atoms with Gasteiger partial charge in [-0.1, -0.05) is 23.4 Å². The molecular formula is C19H21N5O3. The molecule has 1 saturated heterocycles. The van der Waals surface area contributed by atoms with Gasteiger partial charge in [0, 0.05) is 37.6 Å². The summed E-state index contributed by atoms with van der Waals surface area (Å²) in [5.74, 6) is 0.494. The van der Waals surface area contributed by atoms with Crippen LogP contribution >= 0.6 is 0 Å². The first-order chi connectivity index (χ1) is 13.1. The average Bonchev–Trinajstić information content (AvgIpc) is 3.20. The van der Waals surface area contributed by atoms with Crippen molar-refractivity contribution in [3.63, 3.8) is 0 Å². The van der Waals surface area contributed by atoms with Crippen LogP contribution in [0.15, 0.2) is 34.9 Å². The minimum atomic E-state index is -0.152. The van der Waals surface area contributed by atoms with Gasteiger partial charge in [-0.2, -0.15) is 5.10 Å². The van der Waals surface area contributed by atoms with Crippen molar-refractivity contribution in [2.24, 2.45) is 0 Å². The molecule has 8 nitrogen and oxygen atoms in total. The number of fused-ring (bicyclic) bond motifs is 1. The maximum Gasteiger partial charge on any atom is 0.276 e. The zero-order chi connectivity index (χ0) is 18.8.